The first-order valence-electron chi connectivity index (χ1n) is 8.47. The van der Waals surface area contributed by atoms with Crippen LogP contribution in [-0.4, -0.2) is 17.7 Å². The largest absolute Gasteiger partial charge is 0.321 e. The molecule has 3 aromatic carbocycles. The molecule has 0 heterocycles. The predicted molar refractivity (Wildman–Crippen MR) is 110 cm³/mol. The maximum Gasteiger partial charge on any atom is 0.271 e. The minimum absolute atomic E-state index is 0.160. The molecular formula is C21H15BrFN3O3. The highest BCUT2D eigenvalue weighted by atomic mass is 79.9. The van der Waals surface area contributed by atoms with E-state index in [-0.39, 0.29) is 16.8 Å². The molecule has 0 aromatic heterocycles. The van der Waals surface area contributed by atoms with Gasteiger partial charge in [0.05, 0.1) is 16.8 Å². The van der Waals surface area contributed by atoms with Crippen LogP contribution < -0.4 is 16.2 Å². The van der Waals surface area contributed by atoms with Crippen molar-refractivity contribution in [3.05, 3.63) is 99.8 Å². The number of para-hydroxylation sites is 1. The van der Waals surface area contributed by atoms with Crippen molar-refractivity contribution in [3.8, 4) is 0 Å². The van der Waals surface area contributed by atoms with Crippen LogP contribution >= 0.6 is 15.9 Å². The second-order valence-electron chi connectivity index (χ2n) is 5.89. The lowest BCUT2D eigenvalue weighted by Crippen LogP contribution is -2.41. The summed E-state index contributed by atoms with van der Waals surface area (Å²) in [6, 6.07) is 18.1. The van der Waals surface area contributed by atoms with Crippen LogP contribution in [0, 0.1) is 5.82 Å². The van der Waals surface area contributed by atoms with E-state index in [1.165, 1.54) is 18.2 Å². The number of halogens is 2. The summed E-state index contributed by atoms with van der Waals surface area (Å²) < 4.78 is 13.6. The van der Waals surface area contributed by atoms with Crippen LogP contribution in [-0.2, 0) is 0 Å². The molecule has 0 atom stereocenters. The van der Waals surface area contributed by atoms with E-state index in [0.717, 1.165) is 12.1 Å². The topological polar surface area (TPSA) is 87.3 Å². The zero-order valence-corrected chi connectivity index (χ0v) is 16.5. The van der Waals surface area contributed by atoms with Gasteiger partial charge in [-0.3, -0.25) is 25.2 Å². The minimum atomic E-state index is -0.622. The molecule has 3 amide bonds. The van der Waals surface area contributed by atoms with Gasteiger partial charge in [0.15, 0.2) is 0 Å². The Hall–Kier alpha value is -3.52. The van der Waals surface area contributed by atoms with E-state index in [1.807, 2.05) is 0 Å². The Labute approximate surface area is 174 Å². The van der Waals surface area contributed by atoms with Crippen molar-refractivity contribution in [2.24, 2.45) is 0 Å². The van der Waals surface area contributed by atoms with Crippen LogP contribution in [0.5, 0.6) is 0 Å². The highest BCUT2D eigenvalue weighted by Gasteiger charge is 2.16. The van der Waals surface area contributed by atoms with Crippen molar-refractivity contribution in [2.75, 3.05) is 5.32 Å². The Morgan fingerprint density at radius 3 is 1.97 bits per heavy atom. The normalized spacial score (nSPS) is 10.1. The lowest BCUT2D eigenvalue weighted by Gasteiger charge is -2.12. The first-order chi connectivity index (χ1) is 14.0. The molecule has 0 saturated carbocycles. The maximum atomic E-state index is 12.9. The predicted octanol–water partition coefficient (Wildman–Crippen LogP) is 3.92. The third kappa shape index (κ3) is 5.05. The second-order valence-corrected chi connectivity index (χ2v) is 6.75. The highest BCUT2D eigenvalue weighted by molar-refractivity contribution is 9.10. The summed E-state index contributed by atoms with van der Waals surface area (Å²) in [5, 5.41) is 2.69. The molecule has 0 radical (unpaired) electrons. The van der Waals surface area contributed by atoms with E-state index in [0.29, 0.717) is 10.0 Å². The molecule has 0 aliphatic rings. The zero-order valence-electron chi connectivity index (χ0n) is 14.9. The van der Waals surface area contributed by atoms with Gasteiger partial charge in [-0.1, -0.05) is 24.3 Å². The van der Waals surface area contributed by atoms with E-state index in [9.17, 15) is 18.8 Å². The van der Waals surface area contributed by atoms with E-state index in [2.05, 4.69) is 32.1 Å². The molecule has 0 spiro atoms. The number of amides is 3. The number of hydrogen-bond donors (Lipinski definition) is 3. The van der Waals surface area contributed by atoms with Crippen LogP contribution in [0.25, 0.3) is 0 Å². The fourth-order valence-corrected chi connectivity index (χ4v) is 2.94. The Bertz CT molecular complexity index is 1070. The number of hydrogen-bond acceptors (Lipinski definition) is 3. The standard InChI is InChI=1S/C21H15BrFN3O3/c22-17-7-3-1-5-15(17)20(28)24-18-8-4-2-6-16(18)21(29)26-25-19(27)13-9-11-14(23)12-10-13/h1-12H,(H,24,28)(H,25,27)(H,26,29). The smallest absolute Gasteiger partial charge is 0.271 e. The minimum Gasteiger partial charge on any atom is -0.321 e. The summed E-state index contributed by atoms with van der Waals surface area (Å²) >= 11 is 3.31. The molecule has 0 fully saturated rings. The zero-order chi connectivity index (χ0) is 20.8. The van der Waals surface area contributed by atoms with Crippen molar-refractivity contribution in [1.29, 1.82) is 0 Å². The van der Waals surface area contributed by atoms with Gasteiger partial charge in [0, 0.05) is 10.0 Å². The van der Waals surface area contributed by atoms with Crippen molar-refractivity contribution in [2.45, 2.75) is 0 Å². The SMILES string of the molecule is O=C(NNC(=O)c1ccccc1NC(=O)c1ccccc1Br)c1ccc(F)cc1. The molecule has 146 valence electrons. The molecule has 0 unspecified atom stereocenters. The number of hydrazine groups is 1. The van der Waals surface area contributed by atoms with Crippen LogP contribution in [0.2, 0.25) is 0 Å². The monoisotopic (exact) mass is 455 g/mol. The number of carbonyl (C=O) groups is 3. The Balaban J connectivity index is 1.70. The van der Waals surface area contributed by atoms with Gasteiger partial charge in [-0.05, 0) is 64.5 Å². The van der Waals surface area contributed by atoms with E-state index < -0.39 is 23.5 Å². The van der Waals surface area contributed by atoms with Crippen LogP contribution in [0.1, 0.15) is 31.1 Å². The lowest BCUT2D eigenvalue weighted by atomic mass is 10.1. The van der Waals surface area contributed by atoms with Crippen LogP contribution in [0.3, 0.4) is 0 Å². The summed E-state index contributed by atoms with van der Waals surface area (Å²) in [4.78, 5) is 37.1. The molecule has 0 saturated heterocycles. The molecule has 0 aliphatic heterocycles. The van der Waals surface area contributed by atoms with Crippen molar-refractivity contribution in [1.82, 2.24) is 10.9 Å². The van der Waals surface area contributed by atoms with Gasteiger partial charge in [0.25, 0.3) is 17.7 Å². The number of rotatable bonds is 4. The number of nitrogens with one attached hydrogen (secondary N) is 3. The van der Waals surface area contributed by atoms with Gasteiger partial charge in [-0.25, -0.2) is 4.39 Å². The quantitative estimate of drug-likeness (QED) is 0.521. The lowest BCUT2D eigenvalue weighted by molar-refractivity contribution is 0.0847. The first kappa shape index (κ1) is 20.2. The van der Waals surface area contributed by atoms with Gasteiger partial charge >= 0.3 is 0 Å². The first-order valence-corrected chi connectivity index (χ1v) is 9.26. The van der Waals surface area contributed by atoms with E-state index in [1.54, 1.807) is 42.5 Å². The fraction of sp³-hybridized carbons (Fsp3) is 0. The number of carbonyl (C=O) groups excluding carboxylic acids is 3. The molecule has 0 bridgehead atoms. The van der Waals surface area contributed by atoms with Gasteiger partial charge in [-0.2, -0.15) is 0 Å². The van der Waals surface area contributed by atoms with Gasteiger partial charge in [0.1, 0.15) is 5.82 Å². The average Bonchev–Trinajstić information content (AvgIpc) is 2.73. The number of benzene rings is 3. The van der Waals surface area contributed by atoms with Crippen molar-refractivity contribution in [3.63, 3.8) is 0 Å². The fourth-order valence-electron chi connectivity index (χ4n) is 2.48. The average molecular weight is 456 g/mol. The molecule has 0 aliphatic carbocycles. The van der Waals surface area contributed by atoms with E-state index >= 15 is 0 Å². The van der Waals surface area contributed by atoms with Gasteiger partial charge in [0.2, 0.25) is 0 Å². The van der Waals surface area contributed by atoms with Crippen molar-refractivity contribution >= 4 is 39.3 Å². The maximum absolute atomic E-state index is 12.9. The Morgan fingerprint density at radius 1 is 0.690 bits per heavy atom. The Morgan fingerprint density at radius 2 is 1.28 bits per heavy atom. The second kappa shape index (κ2) is 9.11. The summed E-state index contributed by atoms with van der Waals surface area (Å²) in [6.45, 7) is 0. The van der Waals surface area contributed by atoms with E-state index in [4.69, 9.17) is 0 Å². The third-order valence-corrected chi connectivity index (χ3v) is 4.63. The summed E-state index contributed by atoms with van der Waals surface area (Å²) in [5.74, 6) is -2.09. The molecule has 3 N–H and O–H groups in total. The third-order valence-electron chi connectivity index (χ3n) is 3.93. The van der Waals surface area contributed by atoms with Crippen molar-refractivity contribution < 1.29 is 18.8 Å². The summed E-state index contributed by atoms with van der Waals surface area (Å²) in [6.07, 6.45) is 0. The Kier molecular flexibility index (Phi) is 6.36. The van der Waals surface area contributed by atoms with Crippen LogP contribution in [0.4, 0.5) is 10.1 Å². The molecule has 3 aromatic rings. The number of anilines is 1. The molecule has 29 heavy (non-hydrogen) atoms. The molecule has 8 heteroatoms. The summed E-state index contributed by atoms with van der Waals surface area (Å²) in [7, 11) is 0. The van der Waals surface area contributed by atoms with Gasteiger partial charge < -0.3 is 5.32 Å². The molecule has 3 rings (SSSR count). The summed E-state index contributed by atoms with van der Waals surface area (Å²) in [5.41, 5.74) is 5.57. The molecular weight excluding hydrogens is 441 g/mol. The highest BCUT2D eigenvalue weighted by Crippen LogP contribution is 2.20. The van der Waals surface area contributed by atoms with Crippen LogP contribution in [0.15, 0.2) is 77.3 Å². The van der Waals surface area contributed by atoms with Gasteiger partial charge in [-0.15, -0.1) is 0 Å². The molecule has 6 nitrogen and oxygen atoms in total.